The molecule has 56 valence electrons. The van der Waals surface area contributed by atoms with E-state index in [2.05, 4.69) is 13.0 Å². The van der Waals surface area contributed by atoms with Crippen molar-refractivity contribution < 1.29 is 1.43 Å². The average Bonchev–Trinajstić information content (AvgIpc) is 2.05. The third kappa shape index (κ3) is 2.22. The van der Waals surface area contributed by atoms with Crippen LogP contribution in [0.2, 0.25) is 0 Å². The number of hydrogen-bond acceptors (Lipinski definition) is 1. The summed E-state index contributed by atoms with van der Waals surface area (Å²) in [4.78, 5) is 0. The van der Waals surface area contributed by atoms with Crippen molar-refractivity contribution in [3.63, 3.8) is 0 Å². The van der Waals surface area contributed by atoms with Gasteiger partial charge in [-0.3, -0.25) is 0 Å². The second-order valence-corrected chi connectivity index (χ2v) is 4.62. The Morgan fingerprint density at radius 3 is 2.36 bits per heavy atom. The molecule has 0 saturated carbocycles. The Balaban J connectivity index is 0.00000121. The molecular weight excluding hydrogens is 250 g/mol. The summed E-state index contributed by atoms with van der Waals surface area (Å²) in [6.45, 7) is 2.16. The summed E-state index contributed by atoms with van der Waals surface area (Å²) in [5.41, 5.74) is 2.04. The molecule has 1 nitrogen and oxygen atoms in total. The summed E-state index contributed by atoms with van der Waals surface area (Å²) >= 11 is 1.79. The Morgan fingerprint density at radius 1 is 1.45 bits per heavy atom. The van der Waals surface area contributed by atoms with Crippen molar-refractivity contribution in [3.8, 4) is 6.07 Å². The largest absolute Gasteiger partial charge is 1.00 e. The van der Waals surface area contributed by atoms with Crippen LogP contribution in [0.3, 0.4) is 0 Å². The third-order valence-corrected chi connectivity index (χ3v) is 2.37. The maximum absolute atomic E-state index is 8.52. The van der Waals surface area contributed by atoms with Crippen molar-refractivity contribution in [3.05, 3.63) is 35.4 Å². The minimum absolute atomic E-state index is 0. The average molecular weight is 260 g/mol. The van der Waals surface area contributed by atoms with Gasteiger partial charge in [-0.05, 0) is 0 Å². The number of hydrogen-bond donors (Lipinski definition) is 0. The van der Waals surface area contributed by atoms with Gasteiger partial charge in [0.2, 0.25) is 0 Å². The fraction of sp³-hybridized carbons (Fsp3) is 0.222. The predicted octanol–water partition coefficient (Wildman–Crippen LogP) is 1.63. The van der Waals surface area contributed by atoms with Gasteiger partial charge in [0, 0.05) is 0 Å². The van der Waals surface area contributed by atoms with Crippen LogP contribution in [0.25, 0.3) is 0 Å². The van der Waals surface area contributed by atoms with E-state index in [4.69, 9.17) is 5.26 Å². The molecule has 0 aliphatic carbocycles. The molecule has 1 aromatic rings. The zero-order chi connectivity index (χ0) is 8.27. The van der Waals surface area contributed by atoms with E-state index in [1.807, 2.05) is 24.3 Å². The first-order valence-corrected chi connectivity index (χ1v) is 4.89. The van der Waals surface area contributed by atoms with Crippen LogP contribution in [0, 0.1) is 11.3 Å². The summed E-state index contributed by atoms with van der Waals surface area (Å²) in [6, 6.07) is 9.86. The molecule has 0 aliphatic rings. The van der Waals surface area contributed by atoms with Crippen LogP contribution in [0.4, 0.5) is 0 Å². The quantitative estimate of drug-likeness (QED) is 0.704. The molecule has 1 atom stereocenters. The van der Waals surface area contributed by atoms with Crippen LogP contribution in [0.1, 0.15) is 23.4 Å². The number of nitrogens with zero attached hydrogens (tertiary/aromatic N) is 1. The van der Waals surface area contributed by atoms with Gasteiger partial charge in [0.15, 0.2) is 0 Å². The Morgan fingerprint density at radius 2 is 2.00 bits per heavy atom. The topological polar surface area (TPSA) is 23.8 Å². The van der Waals surface area contributed by atoms with E-state index in [0.717, 1.165) is 5.56 Å². The molecule has 1 rings (SSSR count). The summed E-state index contributed by atoms with van der Waals surface area (Å²) in [6.07, 6.45) is 0. The molecule has 2 heteroatoms. The Bertz CT molecular complexity index is 274. The second kappa shape index (κ2) is 3.77. The molecule has 0 fully saturated rings. The summed E-state index contributed by atoms with van der Waals surface area (Å²) < 4.78 is 0.594. The van der Waals surface area contributed by atoms with Gasteiger partial charge in [-0.15, -0.1) is 0 Å². The molecule has 1 aromatic carbocycles. The first-order chi connectivity index (χ1) is 5.24. The van der Waals surface area contributed by atoms with E-state index < -0.39 is 0 Å². The maximum atomic E-state index is 8.52. The molecule has 0 amide bonds. The van der Waals surface area contributed by atoms with Crippen LogP contribution in [-0.2, 0) is 0 Å². The molecular formula is C9H10NTe+. The second-order valence-electron chi connectivity index (χ2n) is 2.41. The van der Waals surface area contributed by atoms with Crippen LogP contribution in [0.5, 0.6) is 0 Å². The Kier molecular flexibility index (Phi) is 2.94. The van der Waals surface area contributed by atoms with E-state index >= 15 is 0 Å². The standard InChI is InChI=1S/C9H9NTe/c1-7(11)9-4-2-8(6-10)3-5-9/h2-5,7,11H,1H3/p+1. The summed E-state index contributed by atoms with van der Waals surface area (Å²) in [5.74, 6) is 0. The molecule has 0 aromatic heterocycles. The van der Waals surface area contributed by atoms with Gasteiger partial charge in [-0.25, -0.2) is 0 Å². The van der Waals surface area contributed by atoms with Gasteiger partial charge in [0.1, 0.15) is 0 Å². The molecule has 0 bridgehead atoms. The van der Waals surface area contributed by atoms with Crippen molar-refractivity contribution in [2.45, 2.75) is 10.9 Å². The van der Waals surface area contributed by atoms with Gasteiger partial charge in [0.05, 0.1) is 0 Å². The van der Waals surface area contributed by atoms with Crippen LogP contribution >= 0.6 is 0 Å². The molecule has 0 heterocycles. The van der Waals surface area contributed by atoms with E-state index in [1.165, 1.54) is 5.56 Å². The van der Waals surface area contributed by atoms with E-state index in [0.29, 0.717) is 3.97 Å². The van der Waals surface area contributed by atoms with Gasteiger partial charge >= 0.3 is 81.3 Å². The van der Waals surface area contributed by atoms with Gasteiger partial charge in [-0.1, -0.05) is 0 Å². The summed E-state index contributed by atoms with van der Waals surface area (Å²) in [5, 5.41) is 8.52. The number of rotatable bonds is 1. The fourth-order valence-electron chi connectivity index (χ4n) is 0.836. The molecule has 0 N–H and O–H groups in total. The first kappa shape index (κ1) is 8.59. The Hall–Kier alpha value is -0.500. The maximum Gasteiger partial charge on any atom is 1.00 e. The minimum atomic E-state index is 0. The van der Waals surface area contributed by atoms with E-state index in [9.17, 15) is 0 Å². The third-order valence-electron chi connectivity index (χ3n) is 1.52. The van der Waals surface area contributed by atoms with E-state index in [1.54, 1.807) is 22.3 Å². The van der Waals surface area contributed by atoms with E-state index in [-0.39, 0.29) is 1.43 Å². The SMILES string of the molecule is CC([TeH])c1ccc(C#N)cc1.[H+]. The van der Waals surface area contributed by atoms with Crippen molar-refractivity contribution in [1.29, 1.82) is 5.26 Å². The zero-order valence-corrected chi connectivity index (χ0v) is 8.83. The zero-order valence-electron chi connectivity index (χ0n) is 7.28. The molecule has 1 unspecified atom stereocenters. The van der Waals surface area contributed by atoms with Gasteiger partial charge in [0.25, 0.3) is 0 Å². The van der Waals surface area contributed by atoms with Crippen LogP contribution < -0.4 is 0 Å². The van der Waals surface area contributed by atoms with Crippen LogP contribution in [0.15, 0.2) is 24.3 Å². The van der Waals surface area contributed by atoms with Crippen LogP contribution in [-0.4, -0.2) is 22.3 Å². The molecule has 0 radical (unpaired) electrons. The fourth-order valence-corrected chi connectivity index (χ4v) is 1.33. The molecule has 11 heavy (non-hydrogen) atoms. The molecule has 0 saturated heterocycles. The van der Waals surface area contributed by atoms with Crippen molar-refractivity contribution in [2.24, 2.45) is 0 Å². The normalized spacial score (nSPS) is 12.1. The predicted molar refractivity (Wildman–Crippen MR) is 47.8 cm³/mol. The van der Waals surface area contributed by atoms with Crippen molar-refractivity contribution in [2.75, 3.05) is 0 Å². The van der Waals surface area contributed by atoms with Crippen molar-refractivity contribution in [1.82, 2.24) is 0 Å². The monoisotopic (exact) mass is 262 g/mol. The van der Waals surface area contributed by atoms with Gasteiger partial charge in [-0.2, -0.15) is 0 Å². The number of benzene rings is 1. The van der Waals surface area contributed by atoms with Crippen molar-refractivity contribution >= 4 is 22.3 Å². The smallest absolute Gasteiger partial charge is 1.00 e. The minimum Gasteiger partial charge on any atom is 1.00 e. The summed E-state index contributed by atoms with van der Waals surface area (Å²) in [7, 11) is 0. The first-order valence-electron chi connectivity index (χ1n) is 3.42. The van der Waals surface area contributed by atoms with Gasteiger partial charge < -0.3 is 0 Å². The Labute approximate surface area is 81.4 Å². The molecule has 0 spiro atoms. The molecule has 0 aliphatic heterocycles. The number of nitriles is 1.